The second kappa shape index (κ2) is 53.7. The SMILES string of the molecule is CC.CC.CC.CC.CC.CCCCC1C(=O)N(CC2CCNCC2)CC2N(C(=O)CCc3c[nH]c4ccccc34)CCC(=O)N12.CN(C)c1ncc(/C=C/c2nc3ccccc3o2)s1.Cc1ccc(S(=O)(=O)Nc2cc(Cl)c(O)c3ccccc23)c(C)c1.O=C(Nc1ccc(N2CCN(c3ccccn3)CC2)cc1)c1ccccc1F.O=S(=O)(Nc1cccc2ccccc12)c1cccs1. The molecule has 722 valence electrons. The number of amides is 4. The maximum Gasteiger partial charge on any atom is 0.271 e. The lowest BCUT2D eigenvalue weighted by molar-refractivity contribution is -0.175. The number of carbonyl (C=O) groups is 4. The summed E-state index contributed by atoms with van der Waals surface area (Å²) in [5, 5.41) is 23.1. The van der Waals surface area contributed by atoms with Gasteiger partial charge in [0.05, 0.1) is 33.4 Å². The topological polar surface area (TPSA) is 292 Å². The zero-order chi connectivity index (χ0) is 98.4. The summed E-state index contributed by atoms with van der Waals surface area (Å²) in [7, 11) is -3.31. The number of carbonyl (C=O) groups excluding carboxylic acids is 4. The smallest absolute Gasteiger partial charge is 0.271 e. The molecular formula is C106H130ClFN14O10S4. The number of thiophene rings is 1. The molecule has 4 aliphatic rings. The summed E-state index contributed by atoms with van der Waals surface area (Å²) in [5.41, 5.74) is 8.26. The summed E-state index contributed by atoms with van der Waals surface area (Å²) in [6.07, 6.45) is 15.1. The predicted molar refractivity (Wildman–Crippen MR) is 561 cm³/mol. The van der Waals surface area contributed by atoms with Crippen LogP contribution in [-0.2, 0) is 40.9 Å². The number of aryl methyl sites for hydroxylation is 3. The van der Waals surface area contributed by atoms with Gasteiger partial charge in [-0.1, -0.05) is 245 Å². The molecule has 0 radical (unpaired) electrons. The van der Waals surface area contributed by atoms with Gasteiger partial charge in [0, 0.05) is 134 Å². The molecule has 0 bridgehead atoms. The minimum absolute atomic E-state index is 0.0108. The lowest BCUT2D eigenvalue weighted by Gasteiger charge is -2.53. The Morgan fingerprint density at radius 3 is 1.99 bits per heavy atom. The second-order valence-electron chi connectivity index (χ2n) is 31.2. The van der Waals surface area contributed by atoms with E-state index in [1.165, 1.54) is 29.5 Å². The first-order valence-corrected chi connectivity index (χ1v) is 51.9. The molecule has 4 fully saturated rings. The van der Waals surface area contributed by atoms with Crippen LogP contribution in [0.2, 0.25) is 5.02 Å². The number of oxazole rings is 1. The Hall–Kier alpha value is -12.5. The summed E-state index contributed by atoms with van der Waals surface area (Å²) in [5.74, 6) is 1.19. The first-order valence-electron chi connectivity index (χ1n) is 46.9. The summed E-state index contributed by atoms with van der Waals surface area (Å²) in [6, 6.07) is 65.1. The van der Waals surface area contributed by atoms with E-state index in [0.29, 0.717) is 88.2 Å². The van der Waals surface area contributed by atoms with Crippen molar-refractivity contribution in [3.8, 4) is 5.75 Å². The van der Waals surface area contributed by atoms with Crippen molar-refractivity contribution < 1.29 is 49.9 Å². The number of thiazole rings is 1. The normalized spacial score (nSPS) is 14.6. The number of pyridine rings is 1. The van der Waals surface area contributed by atoms with Crippen LogP contribution in [0.25, 0.3) is 55.7 Å². The number of aromatic hydroxyl groups is 1. The Bertz CT molecular complexity index is 6370. The van der Waals surface area contributed by atoms with Gasteiger partial charge in [0.25, 0.3) is 26.0 Å². The first kappa shape index (κ1) is 107. The van der Waals surface area contributed by atoms with Gasteiger partial charge >= 0.3 is 0 Å². The largest absolute Gasteiger partial charge is 0.506 e. The van der Waals surface area contributed by atoms with Crippen LogP contribution in [0, 0.1) is 25.6 Å². The highest BCUT2D eigenvalue weighted by Crippen LogP contribution is 2.40. The molecule has 2 atom stereocenters. The number of piperazine rings is 2. The molecule has 9 aromatic carbocycles. The van der Waals surface area contributed by atoms with Crippen molar-refractivity contribution in [2.45, 2.75) is 163 Å². The molecule has 14 aromatic rings. The maximum atomic E-state index is 13.7. The van der Waals surface area contributed by atoms with Gasteiger partial charge in [0.1, 0.15) is 39.3 Å². The number of nitrogens with zero attached hydrogens (tertiary/aromatic N) is 9. The molecule has 4 aliphatic heterocycles. The standard InChI is InChI=1S/C28H39N5O3.C22H21FN4O.C18H16ClNO3S.C14H13N3OS.C14H11NO2S2.5C2H6/c1-2-3-8-24-28(36)31(18-20-11-14-29-15-12-20)19-25-32(16-13-27(35)33(24)25)26(34)10-9-21-17-30-23-7-5-4-6-22(21)23;23-20-6-2-1-5-19(20)22(28)25-17-8-10-18(11-9-17)26-13-15-27(16-14-26)21-7-3-4-12-24-21;1-11-7-8-17(12(2)9-11)24(22,23)20-16-10-15(19)18(21)14-6-4-3-5-13(14)16;1-17(2)14-15-9-10(19-14)7-8-13-16-11-5-3-4-6-12(11)18-13;16-19(17,14-9-4-10-18-14)15-13-8-3-6-11-5-1-2-7-12(11)13;5*1-2/h4-7,17,20,24-25,29-30H,2-3,8-16,18-19H2,1H3;1-12H,13-16H2,(H,25,28);3-10,20-21H,1-2H3;3-9H,1-2H3;1-10,15H;5*1-2H3/b;;;8-7+;;;;;;. The molecule has 30 heteroatoms. The van der Waals surface area contributed by atoms with Crippen LogP contribution in [0.1, 0.15) is 159 Å². The van der Waals surface area contributed by atoms with Gasteiger partial charge in [-0.3, -0.25) is 28.6 Å². The van der Waals surface area contributed by atoms with Gasteiger partial charge in [-0.15, -0.1) is 11.3 Å². The fourth-order valence-corrected chi connectivity index (χ4v) is 20.2. The highest BCUT2D eigenvalue weighted by Gasteiger charge is 2.49. The molecular weight excluding hydrogens is 1810 g/mol. The molecule has 136 heavy (non-hydrogen) atoms. The van der Waals surface area contributed by atoms with E-state index in [2.05, 4.69) is 62.8 Å². The lowest BCUT2D eigenvalue weighted by atomic mass is 9.94. The highest BCUT2D eigenvalue weighted by molar-refractivity contribution is 7.94. The molecule has 0 aliphatic carbocycles. The fourth-order valence-electron chi connectivity index (χ4n) is 15.9. The van der Waals surface area contributed by atoms with E-state index >= 15 is 0 Å². The molecule has 6 N–H and O–H groups in total. The van der Waals surface area contributed by atoms with Crippen molar-refractivity contribution in [3.63, 3.8) is 0 Å². The number of hydrogen-bond acceptors (Lipinski definition) is 19. The van der Waals surface area contributed by atoms with E-state index in [9.17, 15) is 45.5 Å². The summed E-state index contributed by atoms with van der Waals surface area (Å²) < 4.78 is 74.8. The Morgan fingerprint density at radius 2 is 1.32 bits per heavy atom. The van der Waals surface area contributed by atoms with Crippen molar-refractivity contribution in [2.75, 3.05) is 102 Å². The number of benzene rings is 9. The number of anilines is 6. The molecule has 5 aromatic heterocycles. The van der Waals surface area contributed by atoms with Crippen LogP contribution in [0.3, 0.4) is 0 Å². The number of phenols is 1. The monoisotopic (exact) mass is 1940 g/mol. The number of rotatable bonds is 21. The zero-order valence-corrected chi connectivity index (χ0v) is 84.6. The van der Waals surface area contributed by atoms with Gasteiger partial charge in [-0.25, -0.2) is 36.2 Å². The molecule has 9 heterocycles. The number of H-pyrrole nitrogens is 1. The number of para-hydroxylation sites is 3. The van der Waals surface area contributed by atoms with Gasteiger partial charge in [0.15, 0.2) is 10.7 Å². The molecule has 18 rings (SSSR count). The average molecular weight is 1940 g/mol. The first-order chi connectivity index (χ1) is 65.9. The Kier molecular flexibility index (Phi) is 42.3. The molecule has 24 nitrogen and oxygen atoms in total. The average Bonchev–Trinajstić information content (AvgIpc) is 1.59. The van der Waals surface area contributed by atoms with Crippen molar-refractivity contribution in [1.29, 1.82) is 0 Å². The lowest BCUT2D eigenvalue weighted by Crippen LogP contribution is -2.71. The number of aromatic amines is 1. The minimum Gasteiger partial charge on any atom is -0.506 e. The van der Waals surface area contributed by atoms with E-state index in [1.807, 2.05) is 263 Å². The zero-order valence-electron chi connectivity index (χ0n) is 80.5. The number of piperidine rings is 1. The van der Waals surface area contributed by atoms with E-state index < -0.39 is 37.8 Å². The molecule has 0 spiro atoms. The van der Waals surface area contributed by atoms with Gasteiger partial charge < -0.3 is 54.5 Å². The van der Waals surface area contributed by atoms with Crippen molar-refractivity contribution in [1.82, 2.24) is 40.0 Å². The number of aromatic nitrogens is 4. The number of sulfonamides is 2. The number of phenolic OH excluding ortho intramolecular Hbond substituents is 1. The third-order valence-electron chi connectivity index (χ3n) is 22.3. The quantitative estimate of drug-likeness (QED) is 0.0364. The van der Waals surface area contributed by atoms with E-state index in [-0.39, 0.29) is 45.1 Å². The number of unbranched alkanes of at least 4 members (excludes halogenated alkanes) is 1. The molecule has 4 amide bonds. The number of fused-ring (bicyclic) bond motifs is 5. The van der Waals surface area contributed by atoms with Crippen LogP contribution in [0.4, 0.5) is 38.1 Å². The van der Waals surface area contributed by atoms with Gasteiger partial charge in [0.2, 0.25) is 23.6 Å². The van der Waals surface area contributed by atoms with Crippen LogP contribution >= 0.6 is 34.3 Å². The second-order valence-corrected chi connectivity index (χ2v) is 37.2. The van der Waals surface area contributed by atoms with Crippen molar-refractivity contribution >= 4 is 167 Å². The molecule has 4 saturated heterocycles. The number of nitrogens with one attached hydrogen (secondary N) is 5. The third-order valence-corrected chi connectivity index (χ3v) is 28.0. The van der Waals surface area contributed by atoms with E-state index in [0.717, 1.165) is 137 Å². The minimum atomic E-state index is -3.77. The Labute approximate surface area is 814 Å². The summed E-state index contributed by atoms with van der Waals surface area (Å²) in [4.78, 5) is 82.4. The van der Waals surface area contributed by atoms with Crippen LogP contribution in [-0.4, -0.2) is 165 Å². The summed E-state index contributed by atoms with van der Waals surface area (Å²) >= 11 is 8.86. The molecule has 2 unspecified atom stereocenters. The van der Waals surface area contributed by atoms with Crippen LogP contribution < -0.4 is 34.8 Å². The van der Waals surface area contributed by atoms with Crippen LogP contribution in [0.15, 0.2) is 256 Å². The molecule has 0 saturated carbocycles. The van der Waals surface area contributed by atoms with E-state index in [4.69, 9.17) is 16.0 Å². The van der Waals surface area contributed by atoms with Crippen LogP contribution in [0.5, 0.6) is 5.75 Å². The Balaban J connectivity index is 0.000000189. The van der Waals surface area contributed by atoms with Gasteiger partial charge in [-0.2, -0.15) is 0 Å². The van der Waals surface area contributed by atoms with Gasteiger partial charge in [-0.05, 0) is 178 Å². The van der Waals surface area contributed by atoms with Crippen molar-refractivity contribution in [2.24, 2.45) is 5.92 Å². The predicted octanol–water partition coefficient (Wildman–Crippen LogP) is 23.7. The van der Waals surface area contributed by atoms with E-state index in [1.54, 1.807) is 95.3 Å². The maximum absolute atomic E-state index is 13.7. The summed E-state index contributed by atoms with van der Waals surface area (Å²) in [6.45, 7) is 32.9. The van der Waals surface area contributed by atoms with Crippen molar-refractivity contribution in [3.05, 3.63) is 286 Å². The fraction of sp³-hybridized carbons (Fsp3) is 0.330. The number of halogens is 2. The Morgan fingerprint density at radius 1 is 0.676 bits per heavy atom. The third kappa shape index (κ3) is 28.8. The highest BCUT2D eigenvalue weighted by atomic mass is 35.5. The number of hydrogen-bond donors (Lipinski definition) is 6.